The van der Waals surface area contributed by atoms with Gasteiger partial charge < -0.3 is 16.8 Å². The first-order chi connectivity index (χ1) is 7.34. The van der Waals surface area contributed by atoms with Crippen LogP contribution in [0.1, 0.15) is 19.4 Å². The summed E-state index contributed by atoms with van der Waals surface area (Å²) >= 11 is 0. The maximum Gasteiger partial charge on any atom is 0.224 e. The molecular weight excluding hydrogens is 202 g/mol. The molecule has 16 heavy (non-hydrogen) atoms. The first-order valence-electron chi connectivity index (χ1n) is 5.23. The zero-order valence-corrected chi connectivity index (χ0v) is 10.0. The standard InChI is InChI=1S/C12H19N3O/c1-8-9(13)5-4-6-10(8)15-7-12(2,3)11(14)16/h4-6,15H,7,13H2,1-3H3,(H2,14,16). The molecule has 1 aromatic carbocycles. The number of nitrogens with two attached hydrogens (primary N) is 2. The van der Waals surface area contributed by atoms with E-state index in [9.17, 15) is 4.79 Å². The third-order valence-corrected chi connectivity index (χ3v) is 2.76. The van der Waals surface area contributed by atoms with Crippen molar-refractivity contribution in [3.05, 3.63) is 23.8 Å². The highest BCUT2D eigenvalue weighted by atomic mass is 16.1. The fourth-order valence-corrected chi connectivity index (χ4v) is 1.25. The topological polar surface area (TPSA) is 81.1 Å². The van der Waals surface area contributed by atoms with E-state index in [4.69, 9.17) is 11.5 Å². The number of benzene rings is 1. The fourth-order valence-electron chi connectivity index (χ4n) is 1.25. The molecule has 5 N–H and O–H groups in total. The summed E-state index contributed by atoms with van der Waals surface area (Å²) in [5.74, 6) is -0.318. The monoisotopic (exact) mass is 221 g/mol. The summed E-state index contributed by atoms with van der Waals surface area (Å²) in [6.07, 6.45) is 0. The van der Waals surface area contributed by atoms with E-state index < -0.39 is 5.41 Å². The summed E-state index contributed by atoms with van der Waals surface area (Å²) in [5.41, 5.74) is 13.2. The van der Waals surface area contributed by atoms with Crippen molar-refractivity contribution in [1.29, 1.82) is 0 Å². The largest absolute Gasteiger partial charge is 0.398 e. The van der Waals surface area contributed by atoms with Crippen molar-refractivity contribution in [2.24, 2.45) is 11.1 Å². The molecule has 0 aliphatic carbocycles. The van der Waals surface area contributed by atoms with E-state index in [0.29, 0.717) is 6.54 Å². The Morgan fingerprint density at radius 2 is 2.06 bits per heavy atom. The van der Waals surface area contributed by atoms with E-state index in [1.807, 2.05) is 39.0 Å². The van der Waals surface area contributed by atoms with E-state index >= 15 is 0 Å². The number of amides is 1. The number of anilines is 2. The Kier molecular flexibility index (Phi) is 3.42. The lowest BCUT2D eigenvalue weighted by molar-refractivity contribution is -0.125. The van der Waals surface area contributed by atoms with Gasteiger partial charge in [-0.3, -0.25) is 4.79 Å². The molecule has 0 saturated heterocycles. The number of nitrogens with one attached hydrogen (secondary N) is 1. The summed E-state index contributed by atoms with van der Waals surface area (Å²) in [6, 6.07) is 5.66. The highest BCUT2D eigenvalue weighted by Crippen LogP contribution is 2.22. The highest BCUT2D eigenvalue weighted by Gasteiger charge is 2.24. The van der Waals surface area contributed by atoms with Crippen LogP contribution in [0.25, 0.3) is 0 Å². The summed E-state index contributed by atoms with van der Waals surface area (Å²) in [7, 11) is 0. The normalized spacial score (nSPS) is 11.2. The summed E-state index contributed by atoms with van der Waals surface area (Å²) in [6.45, 7) is 6.05. The van der Waals surface area contributed by atoms with Gasteiger partial charge in [-0.15, -0.1) is 0 Å². The number of rotatable bonds is 4. The number of carbonyl (C=O) groups excluding carboxylic acids is 1. The second-order valence-electron chi connectivity index (χ2n) is 4.62. The number of hydrogen-bond donors (Lipinski definition) is 3. The van der Waals surface area contributed by atoms with Crippen LogP contribution in [0, 0.1) is 12.3 Å². The van der Waals surface area contributed by atoms with Gasteiger partial charge in [0.1, 0.15) is 0 Å². The molecule has 0 heterocycles. The number of hydrogen-bond acceptors (Lipinski definition) is 3. The van der Waals surface area contributed by atoms with Crippen LogP contribution in [0.5, 0.6) is 0 Å². The lowest BCUT2D eigenvalue weighted by atomic mass is 9.92. The Labute approximate surface area is 96.0 Å². The summed E-state index contributed by atoms with van der Waals surface area (Å²) in [4.78, 5) is 11.2. The second-order valence-corrected chi connectivity index (χ2v) is 4.62. The molecule has 0 aromatic heterocycles. The molecule has 1 aromatic rings. The van der Waals surface area contributed by atoms with Crippen LogP contribution in [0.15, 0.2) is 18.2 Å². The molecule has 1 amide bonds. The lowest BCUT2D eigenvalue weighted by Crippen LogP contribution is -2.37. The van der Waals surface area contributed by atoms with Gasteiger partial charge in [0.2, 0.25) is 5.91 Å². The zero-order valence-electron chi connectivity index (χ0n) is 10.0. The Bertz CT molecular complexity index is 399. The minimum Gasteiger partial charge on any atom is -0.398 e. The van der Waals surface area contributed by atoms with Crippen molar-refractivity contribution in [2.45, 2.75) is 20.8 Å². The van der Waals surface area contributed by atoms with Gasteiger partial charge >= 0.3 is 0 Å². The van der Waals surface area contributed by atoms with Gasteiger partial charge in [-0.1, -0.05) is 6.07 Å². The SMILES string of the molecule is Cc1c(N)cccc1NCC(C)(C)C(N)=O. The molecule has 0 spiro atoms. The van der Waals surface area contributed by atoms with Gasteiger partial charge in [-0.25, -0.2) is 0 Å². The van der Waals surface area contributed by atoms with Crippen LogP contribution in [-0.4, -0.2) is 12.5 Å². The van der Waals surface area contributed by atoms with Crippen molar-refractivity contribution >= 4 is 17.3 Å². The maximum absolute atomic E-state index is 11.2. The Hall–Kier alpha value is -1.71. The van der Waals surface area contributed by atoms with Crippen LogP contribution in [0.4, 0.5) is 11.4 Å². The maximum atomic E-state index is 11.2. The van der Waals surface area contributed by atoms with E-state index in [0.717, 1.165) is 16.9 Å². The Morgan fingerprint density at radius 1 is 1.44 bits per heavy atom. The first kappa shape index (κ1) is 12.4. The average Bonchev–Trinajstić information content (AvgIpc) is 2.20. The Balaban J connectivity index is 2.76. The van der Waals surface area contributed by atoms with Crippen molar-refractivity contribution in [1.82, 2.24) is 0 Å². The summed E-state index contributed by atoms with van der Waals surface area (Å²) < 4.78 is 0. The minimum atomic E-state index is -0.572. The smallest absolute Gasteiger partial charge is 0.224 e. The number of nitrogen functional groups attached to an aromatic ring is 1. The predicted octanol–water partition coefficient (Wildman–Crippen LogP) is 1.50. The van der Waals surface area contributed by atoms with Crippen LogP contribution < -0.4 is 16.8 Å². The van der Waals surface area contributed by atoms with Crippen molar-refractivity contribution < 1.29 is 4.79 Å². The van der Waals surface area contributed by atoms with Crippen LogP contribution in [0.2, 0.25) is 0 Å². The van der Waals surface area contributed by atoms with E-state index in [1.54, 1.807) is 0 Å². The molecule has 0 fully saturated rings. The van der Waals surface area contributed by atoms with Gasteiger partial charge in [-0.05, 0) is 38.5 Å². The molecular formula is C12H19N3O. The molecule has 4 heteroatoms. The van der Waals surface area contributed by atoms with E-state index in [-0.39, 0.29) is 5.91 Å². The van der Waals surface area contributed by atoms with Crippen molar-refractivity contribution in [3.8, 4) is 0 Å². The highest BCUT2D eigenvalue weighted by molar-refractivity contribution is 5.80. The molecule has 0 unspecified atom stereocenters. The minimum absolute atomic E-state index is 0.318. The predicted molar refractivity (Wildman–Crippen MR) is 67.1 cm³/mol. The molecule has 4 nitrogen and oxygen atoms in total. The second kappa shape index (κ2) is 4.43. The van der Waals surface area contributed by atoms with Gasteiger partial charge in [-0.2, -0.15) is 0 Å². The molecule has 1 rings (SSSR count). The van der Waals surface area contributed by atoms with Gasteiger partial charge in [0, 0.05) is 17.9 Å². The van der Waals surface area contributed by atoms with Gasteiger partial charge in [0.15, 0.2) is 0 Å². The number of carbonyl (C=O) groups is 1. The molecule has 0 bridgehead atoms. The molecule has 0 saturated carbocycles. The van der Waals surface area contributed by atoms with Crippen molar-refractivity contribution in [2.75, 3.05) is 17.6 Å². The van der Waals surface area contributed by atoms with E-state index in [1.165, 1.54) is 0 Å². The molecule has 0 aliphatic rings. The van der Waals surface area contributed by atoms with E-state index in [2.05, 4.69) is 5.32 Å². The summed E-state index contributed by atoms with van der Waals surface area (Å²) in [5, 5.41) is 3.19. The molecule has 0 atom stereocenters. The number of primary amides is 1. The van der Waals surface area contributed by atoms with Crippen molar-refractivity contribution in [3.63, 3.8) is 0 Å². The fraction of sp³-hybridized carbons (Fsp3) is 0.417. The van der Waals surface area contributed by atoms with Gasteiger partial charge in [0.05, 0.1) is 5.41 Å². The molecule has 0 radical (unpaired) electrons. The first-order valence-corrected chi connectivity index (χ1v) is 5.23. The third kappa shape index (κ3) is 2.66. The van der Waals surface area contributed by atoms with Gasteiger partial charge in [0.25, 0.3) is 0 Å². The van der Waals surface area contributed by atoms with Crippen LogP contribution in [0.3, 0.4) is 0 Å². The van der Waals surface area contributed by atoms with Crippen LogP contribution >= 0.6 is 0 Å². The average molecular weight is 221 g/mol. The zero-order chi connectivity index (χ0) is 12.3. The molecule has 88 valence electrons. The molecule has 0 aliphatic heterocycles. The third-order valence-electron chi connectivity index (χ3n) is 2.76. The lowest BCUT2D eigenvalue weighted by Gasteiger charge is -2.22. The quantitative estimate of drug-likeness (QED) is 0.674. The van der Waals surface area contributed by atoms with Crippen LogP contribution in [-0.2, 0) is 4.79 Å². The Morgan fingerprint density at radius 3 is 2.62 bits per heavy atom.